The Bertz CT molecular complexity index is 500. The molecule has 0 aliphatic rings. The minimum Gasteiger partial charge on any atom is -0.497 e. The molecule has 2 rings (SSSR count). The molecule has 0 aliphatic carbocycles. The van der Waals surface area contributed by atoms with E-state index in [-0.39, 0.29) is 0 Å². The molecule has 0 spiro atoms. The predicted molar refractivity (Wildman–Crippen MR) is 73.2 cm³/mol. The number of hydrogen-bond donors (Lipinski definition) is 0. The molecule has 0 heterocycles. The smallest absolute Gasteiger partial charge is 0.118 e. The van der Waals surface area contributed by atoms with Crippen LogP contribution in [0.25, 0.3) is 11.1 Å². The van der Waals surface area contributed by atoms with E-state index in [4.69, 9.17) is 16.3 Å². The summed E-state index contributed by atoms with van der Waals surface area (Å²) in [6.45, 7) is 0. The summed E-state index contributed by atoms with van der Waals surface area (Å²) in [4.78, 5) is 0. The minimum atomic E-state index is 0.732. The third-order valence-corrected chi connectivity index (χ3v) is 2.79. The molecule has 0 aliphatic heterocycles. The first kappa shape index (κ1) is 11.7. The van der Waals surface area contributed by atoms with Gasteiger partial charge in [0.25, 0.3) is 0 Å². The molecule has 0 unspecified atom stereocenters. The lowest BCUT2D eigenvalue weighted by Crippen LogP contribution is -1.82. The second-order valence-corrected chi connectivity index (χ2v) is 4.04. The van der Waals surface area contributed by atoms with Gasteiger partial charge in [0, 0.05) is 5.03 Å². The van der Waals surface area contributed by atoms with E-state index in [0.717, 1.165) is 21.9 Å². The van der Waals surface area contributed by atoms with Crippen molar-refractivity contribution in [2.45, 2.75) is 0 Å². The predicted octanol–water partition coefficient (Wildman–Crippen LogP) is 4.43. The molecule has 0 N–H and O–H groups in total. The van der Waals surface area contributed by atoms with E-state index in [1.54, 1.807) is 7.11 Å². The van der Waals surface area contributed by atoms with E-state index >= 15 is 0 Å². The fraction of sp³-hybridized carbons (Fsp3) is 0.0667. The number of ether oxygens (including phenoxy) is 1. The molecular formula is C15H13ClO. The van der Waals surface area contributed by atoms with Gasteiger partial charge in [-0.2, -0.15) is 0 Å². The van der Waals surface area contributed by atoms with Crippen molar-refractivity contribution in [2.24, 2.45) is 0 Å². The van der Waals surface area contributed by atoms with Crippen LogP contribution in [-0.2, 0) is 0 Å². The molecule has 1 nitrogen and oxygen atoms in total. The molecule has 0 atom stereocenters. The van der Waals surface area contributed by atoms with Gasteiger partial charge in [0.2, 0.25) is 0 Å². The van der Waals surface area contributed by atoms with Gasteiger partial charge in [0.1, 0.15) is 5.75 Å². The molecule has 0 saturated heterocycles. The third kappa shape index (κ3) is 3.11. The van der Waals surface area contributed by atoms with Crippen LogP contribution in [0.15, 0.2) is 54.6 Å². The van der Waals surface area contributed by atoms with Gasteiger partial charge in [-0.05, 0) is 29.3 Å². The highest BCUT2D eigenvalue weighted by molar-refractivity contribution is 6.51. The Balaban J connectivity index is 2.23. The zero-order valence-corrected chi connectivity index (χ0v) is 10.3. The largest absolute Gasteiger partial charge is 0.497 e. The Morgan fingerprint density at radius 2 is 1.65 bits per heavy atom. The Labute approximate surface area is 106 Å². The van der Waals surface area contributed by atoms with Gasteiger partial charge in [-0.1, -0.05) is 54.1 Å². The number of benzene rings is 2. The standard InChI is InChI=1S/C15H13ClO/c1-17-14-9-7-12(8-10-14)11-15(16)13-5-3-2-4-6-13/h2-11H,1H3. The zero-order chi connectivity index (χ0) is 12.1. The van der Waals surface area contributed by atoms with Gasteiger partial charge in [-0.15, -0.1) is 0 Å². The van der Waals surface area contributed by atoms with Crippen LogP contribution in [0.3, 0.4) is 0 Å². The van der Waals surface area contributed by atoms with E-state index in [1.807, 2.05) is 60.7 Å². The third-order valence-electron chi connectivity index (χ3n) is 2.46. The topological polar surface area (TPSA) is 9.23 Å². The van der Waals surface area contributed by atoms with Gasteiger partial charge in [-0.3, -0.25) is 0 Å². The van der Waals surface area contributed by atoms with Crippen LogP contribution in [0, 0.1) is 0 Å². The van der Waals surface area contributed by atoms with Crippen LogP contribution in [0.1, 0.15) is 11.1 Å². The molecule has 17 heavy (non-hydrogen) atoms. The molecule has 2 aromatic rings. The van der Waals surface area contributed by atoms with Crippen molar-refractivity contribution in [3.05, 3.63) is 65.7 Å². The lowest BCUT2D eigenvalue weighted by atomic mass is 10.1. The number of hydrogen-bond acceptors (Lipinski definition) is 1. The van der Waals surface area contributed by atoms with Crippen LogP contribution < -0.4 is 4.74 Å². The van der Waals surface area contributed by atoms with Crippen LogP contribution in [0.4, 0.5) is 0 Å². The van der Waals surface area contributed by atoms with Gasteiger partial charge >= 0.3 is 0 Å². The first-order valence-electron chi connectivity index (χ1n) is 5.36. The Morgan fingerprint density at radius 1 is 1.00 bits per heavy atom. The summed E-state index contributed by atoms with van der Waals surface area (Å²) < 4.78 is 5.11. The summed E-state index contributed by atoms with van der Waals surface area (Å²) in [6, 6.07) is 17.7. The summed E-state index contributed by atoms with van der Waals surface area (Å²) in [5, 5.41) is 0.732. The van der Waals surface area contributed by atoms with E-state index in [0.29, 0.717) is 0 Å². The average Bonchev–Trinajstić information content (AvgIpc) is 2.40. The molecule has 2 aromatic carbocycles. The maximum absolute atomic E-state index is 6.24. The lowest BCUT2D eigenvalue weighted by molar-refractivity contribution is 0.415. The Morgan fingerprint density at radius 3 is 2.24 bits per heavy atom. The van der Waals surface area contributed by atoms with Crippen molar-refractivity contribution >= 4 is 22.7 Å². The molecule has 2 heteroatoms. The highest BCUT2D eigenvalue weighted by Gasteiger charge is 1.97. The van der Waals surface area contributed by atoms with Crippen LogP contribution >= 0.6 is 11.6 Å². The van der Waals surface area contributed by atoms with Gasteiger partial charge in [0.05, 0.1) is 7.11 Å². The average molecular weight is 245 g/mol. The number of halogens is 1. The minimum absolute atomic E-state index is 0.732. The second-order valence-electron chi connectivity index (χ2n) is 3.63. The maximum atomic E-state index is 6.24. The molecule has 0 amide bonds. The molecule has 0 radical (unpaired) electrons. The van der Waals surface area contributed by atoms with Crippen molar-refractivity contribution in [1.82, 2.24) is 0 Å². The monoisotopic (exact) mass is 244 g/mol. The summed E-state index contributed by atoms with van der Waals surface area (Å²) in [7, 11) is 1.65. The number of methoxy groups -OCH3 is 1. The molecule has 86 valence electrons. The lowest BCUT2D eigenvalue weighted by Gasteiger charge is -2.01. The molecule has 0 fully saturated rings. The van der Waals surface area contributed by atoms with Crippen molar-refractivity contribution in [3.63, 3.8) is 0 Å². The molecule has 0 bridgehead atoms. The highest BCUT2D eigenvalue weighted by atomic mass is 35.5. The first-order valence-corrected chi connectivity index (χ1v) is 5.74. The Kier molecular flexibility index (Phi) is 3.84. The maximum Gasteiger partial charge on any atom is 0.118 e. The first-order chi connectivity index (χ1) is 8.29. The van der Waals surface area contributed by atoms with Crippen LogP contribution in [0.5, 0.6) is 5.75 Å². The molecule has 0 saturated carbocycles. The zero-order valence-electron chi connectivity index (χ0n) is 9.56. The fourth-order valence-corrected chi connectivity index (χ4v) is 1.78. The van der Waals surface area contributed by atoms with E-state index in [2.05, 4.69) is 0 Å². The fourth-order valence-electron chi connectivity index (χ4n) is 1.53. The van der Waals surface area contributed by atoms with Crippen LogP contribution in [-0.4, -0.2) is 7.11 Å². The summed E-state index contributed by atoms with van der Waals surface area (Å²) in [5.41, 5.74) is 2.07. The van der Waals surface area contributed by atoms with E-state index in [9.17, 15) is 0 Å². The van der Waals surface area contributed by atoms with Crippen molar-refractivity contribution < 1.29 is 4.74 Å². The van der Waals surface area contributed by atoms with Crippen LogP contribution in [0.2, 0.25) is 0 Å². The van der Waals surface area contributed by atoms with Crippen molar-refractivity contribution in [3.8, 4) is 5.75 Å². The normalized spacial score (nSPS) is 11.3. The SMILES string of the molecule is COc1ccc(C=C(Cl)c2ccccc2)cc1. The highest BCUT2D eigenvalue weighted by Crippen LogP contribution is 2.22. The second kappa shape index (κ2) is 5.55. The quantitative estimate of drug-likeness (QED) is 0.726. The van der Waals surface area contributed by atoms with Gasteiger partial charge in [-0.25, -0.2) is 0 Å². The summed E-state index contributed by atoms with van der Waals surface area (Å²) >= 11 is 6.24. The number of rotatable bonds is 3. The van der Waals surface area contributed by atoms with Crippen molar-refractivity contribution in [1.29, 1.82) is 0 Å². The van der Waals surface area contributed by atoms with Gasteiger partial charge in [0.15, 0.2) is 0 Å². The summed E-state index contributed by atoms with van der Waals surface area (Å²) in [6.07, 6.45) is 1.94. The van der Waals surface area contributed by atoms with E-state index < -0.39 is 0 Å². The summed E-state index contributed by atoms with van der Waals surface area (Å²) in [5.74, 6) is 0.845. The molecular weight excluding hydrogens is 232 g/mol. The van der Waals surface area contributed by atoms with E-state index in [1.165, 1.54) is 0 Å². The molecule has 0 aromatic heterocycles. The van der Waals surface area contributed by atoms with Crippen molar-refractivity contribution in [2.75, 3.05) is 7.11 Å². The Hall–Kier alpha value is -1.73. The van der Waals surface area contributed by atoms with Gasteiger partial charge < -0.3 is 4.74 Å².